The zero-order valence-electron chi connectivity index (χ0n) is 18.6. The van der Waals surface area contributed by atoms with Crippen LogP contribution in [0.2, 0.25) is 0 Å². The van der Waals surface area contributed by atoms with Gasteiger partial charge in [-0.1, -0.05) is 49.1 Å². The van der Waals surface area contributed by atoms with Gasteiger partial charge in [0.15, 0.2) is 0 Å². The van der Waals surface area contributed by atoms with Crippen LogP contribution in [-0.4, -0.2) is 24.6 Å². The van der Waals surface area contributed by atoms with Crippen molar-refractivity contribution in [2.45, 2.75) is 25.8 Å². The molecule has 170 valence electrons. The second kappa shape index (κ2) is 11.1. The number of carbonyl (C=O) groups excluding carboxylic acids is 2. The summed E-state index contributed by atoms with van der Waals surface area (Å²) in [5.41, 5.74) is 16.6. The van der Waals surface area contributed by atoms with Crippen LogP contribution < -0.4 is 16.2 Å². The Morgan fingerprint density at radius 2 is 1.73 bits per heavy atom. The van der Waals surface area contributed by atoms with Gasteiger partial charge in [0.1, 0.15) is 5.75 Å². The van der Waals surface area contributed by atoms with E-state index < -0.39 is 11.9 Å². The van der Waals surface area contributed by atoms with Crippen molar-refractivity contribution in [3.63, 3.8) is 0 Å². The van der Waals surface area contributed by atoms with Crippen LogP contribution in [0.25, 0.3) is 17.2 Å². The highest BCUT2D eigenvalue weighted by molar-refractivity contribution is 5.89. The van der Waals surface area contributed by atoms with Crippen LogP contribution in [0, 0.1) is 0 Å². The van der Waals surface area contributed by atoms with Crippen LogP contribution in [-0.2, 0) is 14.3 Å². The van der Waals surface area contributed by atoms with Crippen LogP contribution in [0.3, 0.4) is 0 Å². The fourth-order valence-corrected chi connectivity index (χ4v) is 3.22. The standard InChI is InChI=1S/C27H28N2O4/c1-18(2)27(31)33-24-12-9-21(10-13-24)20-6-3-19(4-7-20)5-14-26(30)32-16-15-22-8-11-23(28)17-25(22)29/h3-10,12-14,17,23H,1,11,15-16,28-29H2,2H3/b14-5+. The number of hydrogen-bond donors (Lipinski definition) is 2. The summed E-state index contributed by atoms with van der Waals surface area (Å²) in [6.45, 7) is 5.43. The summed E-state index contributed by atoms with van der Waals surface area (Å²) in [5.74, 6) is -0.393. The predicted octanol–water partition coefficient (Wildman–Crippen LogP) is 4.28. The molecule has 0 aromatic heterocycles. The van der Waals surface area contributed by atoms with Crippen LogP contribution in [0.1, 0.15) is 25.3 Å². The van der Waals surface area contributed by atoms with Gasteiger partial charge in [0.2, 0.25) is 0 Å². The van der Waals surface area contributed by atoms with Gasteiger partial charge in [0.05, 0.1) is 6.61 Å². The van der Waals surface area contributed by atoms with Crippen molar-refractivity contribution in [1.29, 1.82) is 0 Å². The molecule has 0 fully saturated rings. The third-order valence-corrected chi connectivity index (χ3v) is 5.09. The van der Waals surface area contributed by atoms with Gasteiger partial charge in [-0.25, -0.2) is 9.59 Å². The largest absolute Gasteiger partial charge is 0.462 e. The van der Waals surface area contributed by atoms with E-state index in [4.69, 9.17) is 20.9 Å². The van der Waals surface area contributed by atoms with Crippen LogP contribution >= 0.6 is 0 Å². The molecule has 1 aliphatic carbocycles. The van der Waals surface area contributed by atoms with Gasteiger partial charge in [-0.15, -0.1) is 0 Å². The molecule has 6 heteroatoms. The van der Waals surface area contributed by atoms with Gasteiger partial charge < -0.3 is 20.9 Å². The zero-order valence-corrected chi connectivity index (χ0v) is 18.6. The second-order valence-corrected chi connectivity index (χ2v) is 7.82. The number of esters is 2. The highest BCUT2D eigenvalue weighted by Gasteiger charge is 2.11. The third-order valence-electron chi connectivity index (χ3n) is 5.09. The molecule has 0 heterocycles. The number of nitrogens with two attached hydrogens (primary N) is 2. The lowest BCUT2D eigenvalue weighted by molar-refractivity contribution is -0.137. The summed E-state index contributed by atoms with van der Waals surface area (Å²) in [6.07, 6.45) is 8.24. The lowest BCUT2D eigenvalue weighted by Crippen LogP contribution is -2.22. The first kappa shape index (κ1) is 23.8. The Balaban J connectivity index is 1.49. The Morgan fingerprint density at radius 1 is 1.09 bits per heavy atom. The van der Waals surface area contributed by atoms with E-state index in [1.165, 1.54) is 6.08 Å². The van der Waals surface area contributed by atoms with E-state index in [1.807, 2.05) is 48.6 Å². The summed E-state index contributed by atoms with van der Waals surface area (Å²) < 4.78 is 10.5. The molecule has 1 unspecified atom stereocenters. The van der Waals surface area contributed by atoms with Crippen molar-refractivity contribution in [2.24, 2.45) is 11.5 Å². The van der Waals surface area contributed by atoms with Gasteiger partial charge in [0.25, 0.3) is 0 Å². The van der Waals surface area contributed by atoms with Gasteiger partial charge in [0, 0.05) is 29.8 Å². The van der Waals surface area contributed by atoms with Gasteiger partial charge >= 0.3 is 11.9 Å². The number of benzene rings is 2. The molecule has 33 heavy (non-hydrogen) atoms. The maximum absolute atomic E-state index is 12.0. The summed E-state index contributed by atoms with van der Waals surface area (Å²) in [5, 5.41) is 0. The molecule has 0 amide bonds. The molecular weight excluding hydrogens is 416 g/mol. The Kier molecular flexibility index (Phi) is 8.00. The fraction of sp³-hybridized carbons (Fsp3) is 0.185. The molecular formula is C27H28N2O4. The normalized spacial score (nSPS) is 15.5. The van der Waals surface area contributed by atoms with Gasteiger partial charge in [-0.2, -0.15) is 0 Å². The number of hydrogen-bond acceptors (Lipinski definition) is 6. The number of rotatable bonds is 8. The Labute approximate surface area is 193 Å². The first-order valence-electron chi connectivity index (χ1n) is 10.7. The summed E-state index contributed by atoms with van der Waals surface area (Å²) in [7, 11) is 0. The van der Waals surface area contributed by atoms with E-state index in [0.29, 0.717) is 23.4 Å². The minimum Gasteiger partial charge on any atom is -0.462 e. The summed E-state index contributed by atoms with van der Waals surface area (Å²) in [4.78, 5) is 23.6. The second-order valence-electron chi connectivity index (χ2n) is 7.82. The molecule has 0 saturated heterocycles. The number of carbonyl (C=O) groups is 2. The number of ether oxygens (including phenoxy) is 2. The average molecular weight is 445 g/mol. The number of allylic oxidation sites excluding steroid dienone is 1. The molecule has 3 rings (SSSR count). The van der Waals surface area contributed by atoms with Crippen LogP contribution in [0.5, 0.6) is 5.75 Å². The molecule has 0 bridgehead atoms. The fourth-order valence-electron chi connectivity index (χ4n) is 3.22. The maximum Gasteiger partial charge on any atom is 0.338 e. The van der Waals surface area contributed by atoms with E-state index in [9.17, 15) is 9.59 Å². The molecule has 0 aliphatic heterocycles. The van der Waals surface area contributed by atoms with E-state index in [1.54, 1.807) is 25.1 Å². The lowest BCUT2D eigenvalue weighted by Gasteiger charge is -2.16. The van der Waals surface area contributed by atoms with Crippen molar-refractivity contribution < 1.29 is 19.1 Å². The molecule has 2 aromatic rings. The molecule has 0 spiro atoms. The predicted molar refractivity (Wildman–Crippen MR) is 130 cm³/mol. The molecule has 1 atom stereocenters. The Hall–Kier alpha value is -3.90. The van der Waals surface area contributed by atoms with E-state index >= 15 is 0 Å². The van der Waals surface area contributed by atoms with E-state index in [2.05, 4.69) is 6.58 Å². The molecule has 2 aromatic carbocycles. The van der Waals surface area contributed by atoms with Crippen LogP contribution in [0.15, 0.2) is 90.2 Å². The first-order chi connectivity index (χ1) is 15.8. The molecule has 1 aliphatic rings. The first-order valence-corrected chi connectivity index (χ1v) is 10.7. The average Bonchev–Trinajstić information content (AvgIpc) is 2.80. The highest BCUT2D eigenvalue weighted by atomic mass is 16.5. The Bertz CT molecular complexity index is 1110. The lowest BCUT2D eigenvalue weighted by atomic mass is 9.99. The van der Waals surface area contributed by atoms with Crippen molar-refractivity contribution in [1.82, 2.24) is 0 Å². The smallest absolute Gasteiger partial charge is 0.338 e. The molecule has 6 nitrogen and oxygen atoms in total. The minimum absolute atomic E-state index is 0.0451. The van der Waals surface area contributed by atoms with E-state index in [0.717, 1.165) is 28.7 Å². The summed E-state index contributed by atoms with van der Waals surface area (Å²) >= 11 is 0. The quantitative estimate of drug-likeness (QED) is 0.358. The monoisotopic (exact) mass is 444 g/mol. The van der Waals surface area contributed by atoms with Crippen molar-refractivity contribution >= 4 is 18.0 Å². The van der Waals surface area contributed by atoms with Gasteiger partial charge in [-0.05, 0) is 59.9 Å². The Morgan fingerprint density at radius 3 is 2.33 bits per heavy atom. The van der Waals surface area contributed by atoms with Gasteiger partial charge in [-0.3, -0.25) is 0 Å². The third kappa shape index (κ3) is 7.05. The van der Waals surface area contributed by atoms with Crippen molar-refractivity contribution in [3.8, 4) is 16.9 Å². The maximum atomic E-state index is 12.0. The molecule has 4 N–H and O–H groups in total. The van der Waals surface area contributed by atoms with Crippen molar-refractivity contribution in [3.05, 3.63) is 95.7 Å². The molecule has 0 radical (unpaired) electrons. The topological polar surface area (TPSA) is 105 Å². The summed E-state index contributed by atoms with van der Waals surface area (Å²) in [6, 6.07) is 14.9. The SMILES string of the molecule is C=C(C)C(=O)Oc1ccc(-c2ccc(/C=C/C(=O)OCCC3=CCC(N)C=C3N)cc2)cc1. The minimum atomic E-state index is -0.450. The van der Waals surface area contributed by atoms with Crippen LogP contribution in [0.4, 0.5) is 0 Å². The molecule has 0 saturated carbocycles. The highest BCUT2D eigenvalue weighted by Crippen LogP contribution is 2.23. The zero-order chi connectivity index (χ0) is 23.8. The van der Waals surface area contributed by atoms with E-state index in [-0.39, 0.29) is 12.6 Å². The van der Waals surface area contributed by atoms with Crippen molar-refractivity contribution in [2.75, 3.05) is 6.61 Å².